The van der Waals surface area contributed by atoms with Crippen LogP contribution in [-0.4, -0.2) is 36.5 Å². The summed E-state index contributed by atoms with van der Waals surface area (Å²) < 4.78 is 5.18. The minimum Gasteiger partial charge on any atom is -0.497 e. The maximum absolute atomic E-state index is 12.2. The van der Waals surface area contributed by atoms with E-state index in [0.29, 0.717) is 17.3 Å². The lowest BCUT2D eigenvalue weighted by Crippen LogP contribution is -2.30. The number of hydrogen-bond donors (Lipinski definition) is 1. The van der Waals surface area contributed by atoms with E-state index in [1.807, 2.05) is 53.7 Å². The third kappa shape index (κ3) is 5.29. The van der Waals surface area contributed by atoms with Crippen molar-refractivity contribution in [3.05, 3.63) is 64.6 Å². The molecule has 27 heavy (non-hydrogen) atoms. The van der Waals surface area contributed by atoms with E-state index < -0.39 is 0 Å². The Morgan fingerprint density at radius 2 is 1.96 bits per heavy atom. The zero-order valence-electron chi connectivity index (χ0n) is 15.1. The van der Waals surface area contributed by atoms with Crippen molar-refractivity contribution >= 4 is 34.5 Å². The predicted octanol–water partition coefficient (Wildman–Crippen LogP) is 4.54. The van der Waals surface area contributed by atoms with Gasteiger partial charge in [0.15, 0.2) is 0 Å². The lowest BCUT2D eigenvalue weighted by molar-refractivity contribution is -0.117. The summed E-state index contributed by atoms with van der Waals surface area (Å²) in [4.78, 5) is 18.8. The zero-order valence-corrected chi connectivity index (χ0v) is 16.7. The number of hydrogen-bond acceptors (Lipinski definition) is 5. The third-order valence-corrected chi connectivity index (χ3v) is 5.15. The lowest BCUT2D eigenvalue weighted by atomic mass is 10.2. The highest BCUT2D eigenvalue weighted by atomic mass is 35.5. The summed E-state index contributed by atoms with van der Waals surface area (Å²) in [6.07, 6.45) is 0. The molecular weight excluding hydrogens is 382 g/mol. The minimum atomic E-state index is -0.115. The largest absolute Gasteiger partial charge is 0.497 e. The molecule has 2 aromatic carbocycles. The second-order valence-corrected chi connectivity index (χ2v) is 7.34. The molecule has 3 aromatic rings. The lowest BCUT2D eigenvalue weighted by Gasteiger charge is -2.15. The molecule has 0 aliphatic rings. The van der Waals surface area contributed by atoms with Crippen molar-refractivity contribution in [3.8, 4) is 16.3 Å². The number of para-hydroxylation sites is 1. The van der Waals surface area contributed by atoms with Crippen LogP contribution in [0.15, 0.2) is 53.9 Å². The van der Waals surface area contributed by atoms with Crippen LogP contribution in [-0.2, 0) is 11.3 Å². The van der Waals surface area contributed by atoms with Gasteiger partial charge >= 0.3 is 0 Å². The Morgan fingerprint density at radius 1 is 1.22 bits per heavy atom. The fourth-order valence-corrected chi connectivity index (χ4v) is 3.58. The van der Waals surface area contributed by atoms with Crippen LogP contribution in [0.5, 0.6) is 5.75 Å². The summed E-state index contributed by atoms with van der Waals surface area (Å²) >= 11 is 7.65. The number of benzene rings is 2. The Labute approximate surface area is 167 Å². The summed E-state index contributed by atoms with van der Waals surface area (Å²) in [6, 6.07) is 15.0. The molecule has 0 radical (unpaired) electrons. The molecule has 5 nitrogen and oxygen atoms in total. The third-order valence-electron chi connectivity index (χ3n) is 3.88. The quantitative estimate of drug-likeness (QED) is 0.631. The molecule has 140 valence electrons. The molecule has 0 aliphatic heterocycles. The van der Waals surface area contributed by atoms with E-state index in [0.717, 1.165) is 22.0 Å². The van der Waals surface area contributed by atoms with E-state index in [1.54, 1.807) is 30.6 Å². The number of thiazole rings is 1. The van der Waals surface area contributed by atoms with Crippen LogP contribution < -0.4 is 10.1 Å². The molecule has 3 rings (SSSR count). The number of likely N-dealkylation sites (N-methyl/N-ethyl adjacent to an activating group) is 1. The van der Waals surface area contributed by atoms with E-state index in [4.69, 9.17) is 16.3 Å². The van der Waals surface area contributed by atoms with Crippen molar-refractivity contribution in [2.45, 2.75) is 6.54 Å². The summed E-state index contributed by atoms with van der Waals surface area (Å²) in [5.41, 5.74) is 2.60. The number of nitrogens with one attached hydrogen (secondary N) is 1. The molecule has 0 fully saturated rings. The van der Waals surface area contributed by atoms with Crippen molar-refractivity contribution in [1.82, 2.24) is 9.88 Å². The molecule has 0 aliphatic carbocycles. The summed E-state index contributed by atoms with van der Waals surface area (Å²) in [6.45, 7) is 0.837. The minimum absolute atomic E-state index is 0.115. The number of methoxy groups -OCH3 is 1. The van der Waals surface area contributed by atoms with Crippen LogP contribution in [0.1, 0.15) is 5.69 Å². The van der Waals surface area contributed by atoms with E-state index in [-0.39, 0.29) is 12.5 Å². The average molecular weight is 402 g/mol. The smallest absolute Gasteiger partial charge is 0.238 e. The number of nitrogens with zero attached hydrogens (tertiary/aromatic N) is 2. The second-order valence-electron chi connectivity index (χ2n) is 6.07. The maximum atomic E-state index is 12.2. The van der Waals surface area contributed by atoms with Gasteiger partial charge in [0, 0.05) is 17.5 Å². The Morgan fingerprint density at radius 3 is 2.67 bits per heavy atom. The predicted molar refractivity (Wildman–Crippen MR) is 111 cm³/mol. The van der Waals surface area contributed by atoms with Crippen LogP contribution in [0.4, 0.5) is 5.69 Å². The van der Waals surface area contributed by atoms with Gasteiger partial charge in [0.05, 0.1) is 30.1 Å². The van der Waals surface area contributed by atoms with Gasteiger partial charge in [-0.2, -0.15) is 0 Å². The molecule has 1 heterocycles. The zero-order chi connectivity index (χ0) is 19.2. The summed E-state index contributed by atoms with van der Waals surface area (Å²) in [7, 11) is 3.53. The van der Waals surface area contributed by atoms with Crippen molar-refractivity contribution in [2.24, 2.45) is 0 Å². The number of aromatic nitrogens is 1. The van der Waals surface area contributed by atoms with Gasteiger partial charge in [-0.15, -0.1) is 11.3 Å². The first-order valence-corrected chi connectivity index (χ1v) is 9.62. The molecule has 0 saturated heterocycles. The molecule has 1 N–H and O–H groups in total. The van der Waals surface area contributed by atoms with E-state index >= 15 is 0 Å². The molecule has 0 unspecified atom stereocenters. The first-order valence-electron chi connectivity index (χ1n) is 8.37. The highest BCUT2D eigenvalue weighted by Gasteiger charge is 2.11. The van der Waals surface area contributed by atoms with Gasteiger partial charge in [-0.1, -0.05) is 23.7 Å². The Kier molecular flexibility index (Phi) is 6.45. The Hall–Kier alpha value is -2.41. The monoisotopic (exact) mass is 401 g/mol. The molecular formula is C20H20ClN3O2S. The topological polar surface area (TPSA) is 54.5 Å². The van der Waals surface area contributed by atoms with Crippen molar-refractivity contribution < 1.29 is 9.53 Å². The highest BCUT2D eigenvalue weighted by molar-refractivity contribution is 7.13. The first kappa shape index (κ1) is 19.4. The van der Waals surface area contributed by atoms with Gasteiger partial charge in [0.25, 0.3) is 0 Å². The highest BCUT2D eigenvalue weighted by Crippen LogP contribution is 2.26. The standard InChI is InChI=1S/C20H20ClN3O2S/c1-24(12-19(25)23-18-6-4-3-5-17(18)21)11-15-13-27-20(22-15)14-7-9-16(26-2)10-8-14/h3-10,13H,11-12H2,1-2H3,(H,23,25). The number of amides is 1. The summed E-state index contributed by atoms with van der Waals surface area (Å²) in [5, 5.41) is 6.31. The van der Waals surface area contributed by atoms with Crippen LogP contribution in [0.25, 0.3) is 10.6 Å². The number of carbonyl (C=O) groups excluding carboxylic acids is 1. The molecule has 7 heteroatoms. The molecule has 0 saturated carbocycles. The van der Waals surface area contributed by atoms with Gasteiger partial charge in [-0.3, -0.25) is 9.69 Å². The normalized spacial score (nSPS) is 10.8. The van der Waals surface area contributed by atoms with Gasteiger partial charge in [-0.05, 0) is 43.4 Å². The number of rotatable bonds is 7. The van der Waals surface area contributed by atoms with Gasteiger partial charge in [0.2, 0.25) is 5.91 Å². The van der Waals surface area contributed by atoms with Gasteiger partial charge in [0.1, 0.15) is 10.8 Å². The maximum Gasteiger partial charge on any atom is 0.238 e. The number of carbonyl (C=O) groups is 1. The van der Waals surface area contributed by atoms with Gasteiger partial charge in [-0.25, -0.2) is 4.98 Å². The number of anilines is 1. The van der Waals surface area contributed by atoms with E-state index in [1.165, 1.54) is 0 Å². The first-order chi connectivity index (χ1) is 13.0. The fraction of sp³-hybridized carbons (Fsp3) is 0.200. The average Bonchev–Trinajstić information content (AvgIpc) is 3.12. The molecule has 0 spiro atoms. The van der Waals surface area contributed by atoms with Crippen LogP contribution in [0.3, 0.4) is 0 Å². The number of halogens is 1. The SMILES string of the molecule is COc1ccc(-c2nc(CN(C)CC(=O)Nc3ccccc3Cl)cs2)cc1. The molecule has 0 atom stereocenters. The van der Waals surface area contributed by atoms with Crippen LogP contribution >= 0.6 is 22.9 Å². The van der Waals surface area contributed by atoms with E-state index in [2.05, 4.69) is 10.3 Å². The van der Waals surface area contributed by atoms with E-state index in [9.17, 15) is 4.79 Å². The van der Waals surface area contributed by atoms with Crippen molar-refractivity contribution in [2.75, 3.05) is 26.0 Å². The molecule has 1 amide bonds. The fourth-order valence-electron chi connectivity index (χ4n) is 2.58. The molecule has 0 bridgehead atoms. The van der Waals surface area contributed by atoms with Crippen molar-refractivity contribution in [1.29, 1.82) is 0 Å². The number of ether oxygens (including phenoxy) is 1. The Bertz CT molecular complexity index is 912. The van der Waals surface area contributed by atoms with Crippen molar-refractivity contribution in [3.63, 3.8) is 0 Å². The Balaban J connectivity index is 1.56. The van der Waals surface area contributed by atoms with Crippen LogP contribution in [0.2, 0.25) is 5.02 Å². The molecule has 1 aromatic heterocycles. The second kappa shape index (κ2) is 8.99. The van der Waals surface area contributed by atoms with Gasteiger partial charge < -0.3 is 10.1 Å². The summed E-state index contributed by atoms with van der Waals surface area (Å²) in [5.74, 6) is 0.705. The van der Waals surface area contributed by atoms with Crippen LogP contribution in [0, 0.1) is 0 Å².